The summed E-state index contributed by atoms with van der Waals surface area (Å²) in [5, 5.41) is -0.470. The van der Waals surface area contributed by atoms with Gasteiger partial charge in [0.15, 0.2) is 0 Å². The SMILES string of the molecule is CC(=O)N(CC(=O)N(C)Cc1ccccc1)c1ccc(Cl)c(C(F)(F)F)c1. The minimum atomic E-state index is -4.66. The predicted octanol–water partition coefficient (Wildman–Crippen LogP) is 4.37. The third-order valence-electron chi connectivity index (χ3n) is 3.93. The van der Waals surface area contributed by atoms with Crippen LogP contribution in [0, 0.1) is 0 Å². The normalized spacial score (nSPS) is 11.2. The molecular weight excluding hydrogens is 381 g/mol. The molecule has 0 radical (unpaired) electrons. The van der Waals surface area contributed by atoms with Crippen LogP contribution in [0.4, 0.5) is 18.9 Å². The number of halogens is 4. The highest BCUT2D eigenvalue weighted by atomic mass is 35.5. The van der Waals surface area contributed by atoms with Gasteiger partial charge in [0.1, 0.15) is 6.54 Å². The van der Waals surface area contributed by atoms with Gasteiger partial charge in [-0.3, -0.25) is 9.59 Å². The van der Waals surface area contributed by atoms with E-state index in [-0.39, 0.29) is 12.2 Å². The van der Waals surface area contributed by atoms with Crippen molar-refractivity contribution in [1.82, 2.24) is 4.90 Å². The Bertz CT molecular complexity index is 825. The summed E-state index contributed by atoms with van der Waals surface area (Å²) in [4.78, 5) is 26.8. The van der Waals surface area contributed by atoms with E-state index in [0.717, 1.165) is 22.6 Å². The Morgan fingerprint density at radius 1 is 1.07 bits per heavy atom. The van der Waals surface area contributed by atoms with Crippen molar-refractivity contribution >= 4 is 29.1 Å². The number of benzene rings is 2. The fourth-order valence-corrected chi connectivity index (χ4v) is 2.71. The number of amides is 2. The predicted molar refractivity (Wildman–Crippen MR) is 97.4 cm³/mol. The molecule has 0 aliphatic heterocycles. The maximum Gasteiger partial charge on any atom is 0.417 e. The number of alkyl halides is 3. The van der Waals surface area contributed by atoms with Crippen molar-refractivity contribution in [2.24, 2.45) is 0 Å². The molecule has 0 saturated heterocycles. The van der Waals surface area contributed by atoms with Crippen LogP contribution in [0.3, 0.4) is 0 Å². The highest BCUT2D eigenvalue weighted by Crippen LogP contribution is 2.37. The van der Waals surface area contributed by atoms with Gasteiger partial charge in [0, 0.05) is 26.2 Å². The van der Waals surface area contributed by atoms with E-state index in [0.29, 0.717) is 6.54 Å². The topological polar surface area (TPSA) is 40.6 Å². The molecule has 2 amide bonds. The van der Waals surface area contributed by atoms with Gasteiger partial charge in [0.05, 0.1) is 10.6 Å². The Morgan fingerprint density at radius 3 is 2.26 bits per heavy atom. The third kappa shape index (κ3) is 5.47. The van der Waals surface area contributed by atoms with Crippen LogP contribution in [0.25, 0.3) is 0 Å². The molecule has 8 heteroatoms. The summed E-state index contributed by atoms with van der Waals surface area (Å²) >= 11 is 5.61. The quantitative estimate of drug-likeness (QED) is 0.750. The van der Waals surface area contributed by atoms with E-state index in [2.05, 4.69) is 0 Å². The number of likely N-dealkylation sites (N-methyl/N-ethyl adjacent to an activating group) is 1. The number of anilines is 1. The van der Waals surface area contributed by atoms with Crippen molar-refractivity contribution in [3.8, 4) is 0 Å². The molecule has 0 saturated carbocycles. The van der Waals surface area contributed by atoms with Gasteiger partial charge in [-0.2, -0.15) is 13.2 Å². The smallest absolute Gasteiger partial charge is 0.340 e. The molecule has 0 aromatic heterocycles. The zero-order valence-corrected chi connectivity index (χ0v) is 15.5. The first-order chi connectivity index (χ1) is 12.6. The standard InChI is InChI=1S/C19H18ClF3N2O2/c1-13(26)25(15-8-9-17(20)16(10-15)19(21,22)23)12-18(27)24(2)11-14-6-4-3-5-7-14/h3-10H,11-12H2,1-2H3. The number of carbonyl (C=O) groups is 2. The Morgan fingerprint density at radius 2 is 1.70 bits per heavy atom. The lowest BCUT2D eigenvalue weighted by Crippen LogP contribution is -2.40. The van der Waals surface area contributed by atoms with E-state index in [1.54, 1.807) is 7.05 Å². The van der Waals surface area contributed by atoms with Crippen LogP contribution in [-0.2, 0) is 22.3 Å². The van der Waals surface area contributed by atoms with E-state index in [4.69, 9.17) is 11.6 Å². The molecule has 4 nitrogen and oxygen atoms in total. The molecule has 0 aliphatic rings. The van der Waals surface area contributed by atoms with E-state index < -0.39 is 28.6 Å². The second-order valence-corrected chi connectivity index (χ2v) is 6.41. The van der Waals surface area contributed by atoms with Gasteiger partial charge in [-0.15, -0.1) is 0 Å². The van der Waals surface area contributed by atoms with Crippen LogP contribution in [0.2, 0.25) is 5.02 Å². The minimum Gasteiger partial charge on any atom is -0.340 e. The Hall–Kier alpha value is -2.54. The lowest BCUT2D eigenvalue weighted by atomic mass is 10.1. The third-order valence-corrected chi connectivity index (χ3v) is 4.26. The van der Waals surface area contributed by atoms with E-state index in [1.807, 2.05) is 30.3 Å². The largest absolute Gasteiger partial charge is 0.417 e. The molecule has 144 valence electrons. The first-order valence-electron chi connectivity index (χ1n) is 8.02. The summed E-state index contributed by atoms with van der Waals surface area (Å²) in [6, 6.07) is 12.3. The molecule has 2 rings (SSSR count). The molecule has 27 heavy (non-hydrogen) atoms. The summed E-state index contributed by atoms with van der Waals surface area (Å²) in [5.74, 6) is -0.954. The summed E-state index contributed by atoms with van der Waals surface area (Å²) in [6.45, 7) is 1.13. The Kier molecular flexibility index (Phi) is 6.49. The molecule has 0 spiro atoms. The molecule has 0 aliphatic carbocycles. The maximum atomic E-state index is 13.1. The minimum absolute atomic E-state index is 0.0410. The summed E-state index contributed by atoms with van der Waals surface area (Å²) in [6.07, 6.45) is -4.66. The molecule has 2 aromatic rings. The van der Waals surface area contributed by atoms with Crippen molar-refractivity contribution in [2.45, 2.75) is 19.6 Å². The average Bonchev–Trinajstić information content (AvgIpc) is 2.59. The number of hydrogen-bond donors (Lipinski definition) is 0. The average molecular weight is 399 g/mol. The summed E-state index contributed by atoms with van der Waals surface area (Å²) in [5.41, 5.74) is -0.202. The molecule has 0 N–H and O–H groups in total. The van der Waals surface area contributed by atoms with Gasteiger partial charge in [0.2, 0.25) is 11.8 Å². The monoisotopic (exact) mass is 398 g/mol. The van der Waals surface area contributed by atoms with E-state index >= 15 is 0 Å². The van der Waals surface area contributed by atoms with Crippen LogP contribution in [0.5, 0.6) is 0 Å². The molecular formula is C19H18ClF3N2O2. The van der Waals surface area contributed by atoms with E-state index in [1.165, 1.54) is 17.9 Å². The van der Waals surface area contributed by atoms with Gasteiger partial charge < -0.3 is 9.80 Å². The van der Waals surface area contributed by atoms with Gasteiger partial charge in [0.25, 0.3) is 0 Å². The van der Waals surface area contributed by atoms with Gasteiger partial charge >= 0.3 is 6.18 Å². The van der Waals surface area contributed by atoms with Gasteiger partial charge in [-0.1, -0.05) is 41.9 Å². The number of hydrogen-bond acceptors (Lipinski definition) is 2. The first-order valence-corrected chi connectivity index (χ1v) is 8.40. The second kappa shape index (κ2) is 8.43. The Balaban J connectivity index is 2.20. The number of nitrogens with zero attached hydrogens (tertiary/aromatic N) is 2. The Labute approximate surface area is 160 Å². The summed E-state index contributed by atoms with van der Waals surface area (Å²) < 4.78 is 39.2. The van der Waals surface area contributed by atoms with Crippen LogP contribution in [0.15, 0.2) is 48.5 Å². The zero-order valence-electron chi connectivity index (χ0n) is 14.8. The fraction of sp³-hybridized carbons (Fsp3) is 0.263. The van der Waals surface area contributed by atoms with Crippen LogP contribution >= 0.6 is 11.6 Å². The highest BCUT2D eigenvalue weighted by molar-refractivity contribution is 6.31. The molecule has 0 atom stereocenters. The lowest BCUT2D eigenvalue weighted by molar-refractivity contribution is -0.137. The second-order valence-electron chi connectivity index (χ2n) is 6.00. The van der Waals surface area contributed by atoms with Crippen molar-refractivity contribution in [3.63, 3.8) is 0 Å². The van der Waals surface area contributed by atoms with Crippen molar-refractivity contribution in [3.05, 3.63) is 64.7 Å². The van der Waals surface area contributed by atoms with E-state index in [9.17, 15) is 22.8 Å². The van der Waals surface area contributed by atoms with Crippen molar-refractivity contribution < 1.29 is 22.8 Å². The first kappa shape index (κ1) is 20.8. The molecule has 0 heterocycles. The molecule has 0 bridgehead atoms. The maximum absolute atomic E-state index is 13.1. The van der Waals surface area contributed by atoms with Crippen LogP contribution < -0.4 is 4.90 Å². The van der Waals surface area contributed by atoms with Gasteiger partial charge in [-0.05, 0) is 23.8 Å². The van der Waals surface area contributed by atoms with Crippen molar-refractivity contribution in [1.29, 1.82) is 0 Å². The number of rotatable bonds is 5. The molecule has 0 unspecified atom stereocenters. The number of carbonyl (C=O) groups excluding carboxylic acids is 2. The van der Waals surface area contributed by atoms with Crippen molar-refractivity contribution in [2.75, 3.05) is 18.5 Å². The van der Waals surface area contributed by atoms with Crippen LogP contribution in [-0.4, -0.2) is 30.3 Å². The lowest BCUT2D eigenvalue weighted by Gasteiger charge is -2.25. The highest BCUT2D eigenvalue weighted by Gasteiger charge is 2.34. The fourth-order valence-electron chi connectivity index (χ4n) is 2.48. The molecule has 0 fully saturated rings. The van der Waals surface area contributed by atoms with Gasteiger partial charge in [-0.25, -0.2) is 0 Å². The van der Waals surface area contributed by atoms with Crippen LogP contribution in [0.1, 0.15) is 18.1 Å². The molecule has 2 aromatic carbocycles. The zero-order chi connectivity index (χ0) is 20.2. The summed E-state index contributed by atoms with van der Waals surface area (Å²) in [7, 11) is 1.57.